The van der Waals surface area contributed by atoms with Crippen molar-refractivity contribution in [2.45, 2.75) is 24.0 Å². The van der Waals surface area contributed by atoms with E-state index >= 15 is 0 Å². The molecule has 198 valence electrons. The number of nitrogens with one attached hydrogen (secondary N) is 1. The third-order valence-corrected chi connectivity index (χ3v) is 8.66. The molecule has 3 rings (SSSR count). The number of hydrogen-bond acceptors (Lipinski definition) is 6. The van der Waals surface area contributed by atoms with Gasteiger partial charge in [-0.05, 0) is 61.1 Å². The van der Waals surface area contributed by atoms with Gasteiger partial charge in [-0.1, -0.05) is 41.4 Å². The maximum absolute atomic E-state index is 13.6. The summed E-state index contributed by atoms with van der Waals surface area (Å²) in [5.74, 6) is 2.05. The third-order valence-electron chi connectivity index (χ3n) is 5.52. The van der Waals surface area contributed by atoms with Gasteiger partial charge in [0.1, 0.15) is 6.54 Å². The lowest BCUT2D eigenvalue weighted by Gasteiger charge is -2.24. The van der Waals surface area contributed by atoms with Gasteiger partial charge in [0.2, 0.25) is 5.91 Å². The Morgan fingerprint density at radius 1 is 0.973 bits per heavy atom. The van der Waals surface area contributed by atoms with E-state index in [0.717, 1.165) is 22.2 Å². The summed E-state index contributed by atoms with van der Waals surface area (Å²) in [4.78, 5) is 12.8. The number of ether oxygens (including phenoxy) is 2. The van der Waals surface area contributed by atoms with E-state index in [4.69, 9.17) is 21.1 Å². The number of aryl methyl sites for hydroxylation is 1. The van der Waals surface area contributed by atoms with Crippen LogP contribution < -0.4 is 19.1 Å². The summed E-state index contributed by atoms with van der Waals surface area (Å²) in [6, 6.07) is 19.0. The molecule has 0 spiro atoms. The number of rotatable bonds is 13. The summed E-state index contributed by atoms with van der Waals surface area (Å²) < 4.78 is 38.8. The Labute approximate surface area is 228 Å². The highest BCUT2D eigenvalue weighted by Gasteiger charge is 2.28. The average Bonchev–Trinajstić information content (AvgIpc) is 2.90. The van der Waals surface area contributed by atoms with Crippen molar-refractivity contribution in [3.05, 3.63) is 82.9 Å². The number of anilines is 1. The van der Waals surface area contributed by atoms with Crippen LogP contribution in [0.15, 0.2) is 71.6 Å². The first kappa shape index (κ1) is 28.7. The number of amides is 1. The molecule has 0 bridgehead atoms. The van der Waals surface area contributed by atoms with Crippen LogP contribution in [0.1, 0.15) is 17.5 Å². The molecule has 0 radical (unpaired) electrons. The largest absolute Gasteiger partial charge is 0.493 e. The van der Waals surface area contributed by atoms with Crippen molar-refractivity contribution in [3.63, 3.8) is 0 Å². The zero-order valence-corrected chi connectivity index (χ0v) is 23.5. The van der Waals surface area contributed by atoms with Gasteiger partial charge in [0, 0.05) is 23.4 Å². The fourth-order valence-electron chi connectivity index (χ4n) is 3.49. The van der Waals surface area contributed by atoms with Crippen molar-refractivity contribution in [3.8, 4) is 11.5 Å². The summed E-state index contributed by atoms with van der Waals surface area (Å²) in [7, 11) is -1.20. The number of halogens is 1. The predicted octanol–water partition coefficient (Wildman–Crippen LogP) is 5.30. The highest BCUT2D eigenvalue weighted by molar-refractivity contribution is 7.98. The van der Waals surface area contributed by atoms with Crippen LogP contribution >= 0.6 is 23.4 Å². The SMILES string of the molecule is COc1ccc(S(=O)(=O)N(CC(=O)NCCCSCc2ccc(C)cc2)c2ccc(Cl)cc2)cc1OC. The number of thioether (sulfide) groups is 1. The van der Waals surface area contributed by atoms with Crippen molar-refractivity contribution < 1.29 is 22.7 Å². The minimum atomic E-state index is -4.10. The fraction of sp³-hybridized carbons (Fsp3) is 0.296. The van der Waals surface area contributed by atoms with Crippen molar-refractivity contribution in [1.29, 1.82) is 0 Å². The lowest BCUT2D eigenvalue weighted by molar-refractivity contribution is -0.119. The van der Waals surface area contributed by atoms with Gasteiger partial charge < -0.3 is 14.8 Å². The number of benzene rings is 3. The van der Waals surface area contributed by atoms with E-state index in [1.165, 1.54) is 43.5 Å². The number of carbonyl (C=O) groups excluding carboxylic acids is 1. The van der Waals surface area contributed by atoms with Crippen molar-refractivity contribution in [2.75, 3.05) is 37.4 Å². The Morgan fingerprint density at radius 2 is 1.65 bits per heavy atom. The highest BCUT2D eigenvalue weighted by Crippen LogP contribution is 2.32. The molecule has 10 heteroatoms. The first-order valence-electron chi connectivity index (χ1n) is 11.6. The lowest BCUT2D eigenvalue weighted by Crippen LogP contribution is -2.41. The molecule has 1 amide bonds. The van der Waals surface area contributed by atoms with E-state index in [9.17, 15) is 13.2 Å². The second-order valence-electron chi connectivity index (χ2n) is 8.25. The first-order valence-corrected chi connectivity index (χ1v) is 14.6. The molecule has 3 aromatic rings. The minimum absolute atomic E-state index is 0.0274. The normalized spacial score (nSPS) is 11.1. The van der Waals surface area contributed by atoms with Crippen LogP contribution in [0.2, 0.25) is 5.02 Å². The zero-order valence-electron chi connectivity index (χ0n) is 21.1. The van der Waals surface area contributed by atoms with Crippen LogP contribution in [0.5, 0.6) is 11.5 Å². The highest BCUT2D eigenvalue weighted by atomic mass is 35.5. The maximum Gasteiger partial charge on any atom is 0.264 e. The third kappa shape index (κ3) is 8.05. The van der Waals surface area contributed by atoms with Crippen LogP contribution in [0, 0.1) is 6.92 Å². The molecule has 1 N–H and O–H groups in total. The van der Waals surface area contributed by atoms with Crippen molar-refractivity contribution >= 4 is 45.0 Å². The molecular weight excluding hydrogens is 532 g/mol. The van der Waals surface area contributed by atoms with Gasteiger partial charge in [-0.15, -0.1) is 0 Å². The number of sulfonamides is 1. The number of methoxy groups -OCH3 is 2. The van der Waals surface area contributed by atoms with E-state index in [1.54, 1.807) is 36.0 Å². The Hall–Kier alpha value is -2.88. The van der Waals surface area contributed by atoms with Gasteiger partial charge >= 0.3 is 0 Å². The van der Waals surface area contributed by atoms with Gasteiger partial charge in [-0.3, -0.25) is 9.10 Å². The van der Waals surface area contributed by atoms with Gasteiger partial charge in [-0.2, -0.15) is 11.8 Å². The molecule has 0 saturated heterocycles. The Kier molecular flexibility index (Phi) is 10.5. The standard InChI is InChI=1S/C27H31ClN2O5S2/c1-20-5-7-21(8-6-20)19-36-16-4-15-29-27(31)18-30(23-11-9-22(28)10-12-23)37(32,33)24-13-14-25(34-2)26(17-24)35-3/h5-14,17H,4,15-16,18-19H2,1-3H3,(H,29,31). The smallest absolute Gasteiger partial charge is 0.264 e. The molecule has 0 aliphatic carbocycles. The van der Waals surface area contributed by atoms with Crippen molar-refractivity contribution in [1.82, 2.24) is 5.32 Å². The molecule has 0 atom stereocenters. The van der Waals surface area contributed by atoms with E-state index < -0.39 is 15.9 Å². The van der Waals surface area contributed by atoms with Crippen LogP contribution in [-0.2, 0) is 20.6 Å². The van der Waals surface area contributed by atoms with E-state index in [-0.39, 0.29) is 17.2 Å². The molecule has 0 aromatic heterocycles. The average molecular weight is 563 g/mol. The second kappa shape index (κ2) is 13.6. The fourth-order valence-corrected chi connectivity index (χ4v) is 5.97. The summed E-state index contributed by atoms with van der Waals surface area (Å²) in [6.07, 6.45) is 0.769. The minimum Gasteiger partial charge on any atom is -0.493 e. The molecule has 7 nitrogen and oxygen atoms in total. The Bertz CT molecular complexity index is 1280. The van der Waals surface area contributed by atoms with Gasteiger partial charge in [-0.25, -0.2) is 8.42 Å². The van der Waals surface area contributed by atoms with Crippen LogP contribution in [0.3, 0.4) is 0 Å². The lowest BCUT2D eigenvalue weighted by atomic mass is 10.2. The topological polar surface area (TPSA) is 84.9 Å². The number of nitrogens with zero attached hydrogens (tertiary/aromatic N) is 1. The zero-order chi connectivity index (χ0) is 26.8. The van der Waals surface area contributed by atoms with Crippen LogP contribution in [0.25, 0.3) is 0 Å². The molecular formula is C27H31ClN2O5S2. The first-order chi connectivity index (χ1) is 17.7. The number of carbonyl (C=O) groups is 1. The summed E-state index contributed by atoms with van der Waals surface area (Å²) >= 11 is 7.79. The van der Waals surface area contributed by atoms with E-state index in [2.05, 4.69) is 36.5 Å². The second-order valence-corrected chi connectivity index (χ2v) is 11.7. The molecule has 3 aromatic carbocycles. The molecule has 0 aliphatic rings. The molecule has 37 heavy (non-hydrogen) atoms. The van der Waals surface area contributed by atoms with Gasteiger partial charge in [0.25, 0.3) is 10.0 Å². The van der Waals surface area contributed by atoms with Gasteiger partial charge in [0.15, 0.2) is 11.5 Å². The van der Waals surface area contributed by atoms with E-state index in [0.29, 0.717) is 23.0 Å². The molecule has 0 saturated carbocycles. The Morgan fingerprint density at radius 3 is 2.30 bits per heavy atom. The maximum atomic E-state index is 13.6. The van der Waals surface area contributed by atoms with Crippen LogP contribution in [-0.4, -0.2) is 47.4 Å². The molecule has 0 aliphatic heterocycles. The van der Waals surface area contributed by atoms with Gasteiger partial charge in [0.05, 0.1) is 24.8 Å². The summed E-state index contributed by atoms with van der Waals surface area (Å²) in [5.41, 5.74) is 2.82. The van der Waals surface area contributed by atoms with E-state index in [1.807, 2.05) is 0 Å². The molecule has 0 unspecified atom stereocenters. The monoisotopic (exact) mass is 562 g/mol. The Balaban J connectivity index is 1.65. The number of hydrogen-bond donors (Lipinski definition) is 1. The molecule has 0 heterocycles. The van der Waals surface area contributed by atoms with Crippen molar-refractivity contribution in [2.24, 2.45) is 0 Å². The molecule has 0 fully saturated rings. The quantitative estimate of drug-likeness (QED) is 0.285. The predicted molar refractivity (Wildman–Crippen MR) is 150 cm³/mol. The summed E-state index contributed by atoms with van der Waals surface area (Å²) in [6.45, 7) is 2.13. The van der Waals surface area contributed by atoms with Crippen LogP contribution in [0.4, 0.5) is 5.69 Å². The summed E-state index contributed by atoms with van der Waals surface area (Å²) in [5, 5.41) is 3.29.